The van der Waals surface area contributed by atoms with Crippen molar-refractivity contribution >= 4 is 11.9 Å². The number of hydrogen-bond acceptors (Lipinski definition) is 4. The maximum Gasteiger partial charge on any atom is 0.338 e. The van der Waals surface area contributed by atoms with Crippen LogP contribution in [0.3, 0.4) is 0 Å². The highest BCUT2D eigenvalue weighted by Crippen LogP contribution is 2.13. The van der Waals surface area contributed by atoms with Crippen LogP contribution in [0.1, 0.15) is 27.5 Å². The third kappa shape index (κ3) is 3.90. The van der Waals surface area contributed by atoms with E-state index >= 15 is 0 Å². The van der Waals surface area contributed by atoms with Gasteiger partial charge in [0.15, 0.2) is 0 Å². The number of rotatable bonds is 5. The molecule has 0 fully saturated rings. The van der Waals surface area contributed by atoms with E-state index in [1.165, 1.54) is 0 Å². The van der Waals surface area contributed by atoms with Crippen LogP contribution in [-0.2, 0) is 16.1 Å². The van der Waals surface area contributed by atoms with Gasteiger partial charge in [-0.1, -0.05) is 42.5 Å². The molecule has 1 unspecified atom stereocenters. The number of carbonyl (C=O) groups is 2. The lowest BCUT2D eigenvalue weighted by molar-refractivity contribution is -0.119. The van der Waals surface area contributed by atoms with E-state index in [9.17, 15) is 9.59 Å². The SMILES string of the molecule is NC(=O)C(N)c1ccc(C(=O)OCc2ccccc2)cc1. The zero-order chi connectivity index (χ0) is 15.2. The fourth-order valence-electron chi connectivity index (χ4n) is 1.80. The van der Waals surface area contributed by atoms with Crippen LogP contribution in [-0.4, -0.2) is 11.9 Å². The first kappa shape index (κ1) is 14.7. The average Bonchev–Trinajstić information content (AvgIpc) is 2.53. The fraction of sp³-hybridized carbons (Fsp3) is 0.125. The van der Waals surface area contributed by atoms with E-state index in [0.717, 1.165) is 5.56 Å². The Kier molecular flexibility index (Phi) is 4.68. The predicted octanol–water partition coefficient (Wildman–Crippen LogP) is 1.53. The molecule has 5 heteroatoms. The first-order chi connectivity index (χ1) is 10.1. The van der Waals surface area contributed by atoms with Crippen LogP contribution in [0.15, 0.2) is 54.6 Å². The maximum absolute atomic E-state index is 11.9. The van der Waals surface area contributed by atoms with Crippen LogP contribution >= 0.6 is 0 Å². The quantitative estimate of drug-likeness (QED) is 0.814. The molecule has 2 aromatic carbocycles. The van der Waals surface area contributed by atoms with Crippen LogP contribution in [0, 0.1) is 0 Å². The Hall–Kier alpha value is -2.66. The van der Waals surface area contributed by atoms with Crippen molar-refractivity contribution in [2.45, 2.75) is 12.6 Å². The van der Waals surface area contributed by atoms with Crippen molar-refractivity contribution < 1.29 is 14.3 Å². The molecule has 1 amide bonds. The topological polar surface area (TPSA) is 95.4 Å². The Morgan fingerprint density at radius 1 is 1.00 bits per heavy atom. The Labute approximate surface area is 122 Å². The molecular formula is C16H16N2O3. The van der Waals surface area contributed by atoms with Crippen molar-refractivity contribution in [3.63, 3.8) is 0 Å². The van der Waals surface area contributed by atoms with E-state index in [1.54, 1.807) is 24.3 Å². The van der Waals surface area contributed by atoms with Crippen LogP contribution in [0.4, 0.5) is 0 Å². The molecule has 21 heavy (non-hydrogen) atoms. The Morgan fingerprint density at radius 2 is 1.62 bits per heavy atom. The summed E-state index contributed by atoms with van der Waals surface area (Å²) < 4.78 is 5.20. The summed E-state index contributed by atoms with van der Waals surface area (Å²) in [6, 6.07) is 14.8. The van der Waals surface area contributed by atoms with Crippen molar-refractivity contribution in [3.8, 4) is 0 Å². The molecule has 0 saturated heterocycles. The molecule has 0 saturated carbocycles. The van der Waals surface area contributed by atoms with Gasteiger partial charge in [0.1, 0.15) is 12.6 Å². The van der Waals surface area contributed by atoms with Crippen molar-refractivity contribution in [1.82, 2.24) is 0 Å². The van der Waals surface area contributed by atoms with Crippen molar-refractivity contribution in [3.05, 3.63) is 71.3 Å². The van der Waals surface area contributed by atoms with Gasteiger partial charge in [0.25, 0.3) is 0 Å². The highest BCUT2D eigenvalue weighted by atomic mass is 16.5. The van der Waals surface area contributed by atoms with Crippen molar-refractivity contribution in [2.24, 2.45) is 11.5 Å². The molecule has 0 heterocycles. The van der Waals surface area contributed by atoms with Gasteiger partial charge in [0.2, 0.25) is 5.91 Å². The number of benzene rings is 2. The van der Waals surface area contributed by atoms with Crippen LogP contribution in [0.25, 0.3) is 0 Å². The highest BCUT2D eigenvalue weighted by molar-refractivity contribution is 5.89. The largest absolute Gasteiger partial charge is 0.457 e. The molecule has 0 aliphatic rings. The van der Waals surface area contributed by atoms with Gasteiger partial charge in [-0.15, -0.1) is 0 Å². The zero-order valence-corrected chi connectivity index (χ0v) is 11.4. The van der Waals surface area contributed by atoms with E-state index in [1.807, 2.05) is 30.3 Å². The smallest absolute Gasteiger partial charge is 0.338 e. The van der Waals surface area contributed by atoms with E-state index in [4.69, 9.17) is 16.2 Å². The number of ether oxygens (including phenoxy) is 1. The minimum absolute atomic E-state index is 0.211. The van der Waals surface area contributed by atoms with Crippen molar-refractivity contribution in [2.75, 3.05) is 0 Å². The molecule has 0 spiro atoms. The summed E-state index contributed by atoms with van der Waals surface area (Å²) in [5, 5.41) is 0. The molecule has 1 atom stereocenters. The summed E-state index contributed by atoms with van der Waals surface area (Å²) in [4.78, 5) is 22.9. The first-order valence-corrected chi connectivity index (χ1v) is 6.44. The molecule has 0 aliphatic carbocycles. The summed E-state index contributed by atoms with van der Waals surface area (Å²) >= 11 is 0. The molecule has 108 valence electrons. The molecule has 2 rings (SSSR count). The third-order valence-corrected chi connectivity index (χ3v) is 3.02. The molecule has 2 aromatic rings. The van der Waals surface area contributed by atoms with E-state index in [0.29, 0.717) is 11.1 Å². The highest BCUT2D eigenvalue weighted by Gasteiger charge is 2.13. The minimum Gasteiger partial charge on any atom is -0.457 e. The lowest BCUT2D eigenvalue weighted by Crippen LogP contribution is -2.28. The molecule has 0 aromatic heterocycles. The fourth-order valence-corrected chi connectivity index (χ4v) is 1.80. The first-order valence-electron chi connectivity index (χ1n) is 6.44. The van der Waals surface area contributed by atoms with Gasteiger partial charge in [0.05, 0.1) is 5.56 Å². The van der Waals surface area contributed by atoms with Gasteiger partial charge in [-0.05, 0) is 23.3 Å². The minimum atomic E-state index is -0.876. The lowest BCUT2D eigenvalue weighted by atomic mass is 10.1. The van der Waals surface area contributed by atoms with Gasteiger partial charge >= 0.3 is 5.97 Å². The van der Waals surface area contributed by atoms with Crippen molar-refractivity contribution in [1.29, 1.82) is 0 Å². The second-order valence-corrected chi connectivity index (χ2v) is 4.56. The normalized spacial score (nSPS) is 11.7. The Bertz CT molecular complexity index is 624. The van der Waals surface area contributed by atoms with E-state index in [-0.39, 0.29) is 6.61 Å². The summed E-state index contributed by atoms with van der Waals surface area (Å²) in [6.07, 6.45) is 0. The summed E-state index contributed by atoms with van der Waals surface area (Å²) in [5.41, 5.74) is 12.6. The molecule has 0 bridgehead atoms. The number of hydrogen-bond donors (Lipinski definition) is 2. The van der Waals surface area contributed by atoms with E-state index in [2.05, 4.69) is 0 Å². The summed E-state index contributed by atoms with van der Waals surface area (Å²) in [7, 11) is 0. The maximum atomic E-state index is 11.9. The van der Waals surface area contributed by atoms with Crippen LogP contribution in [0.5, 0.6) is 0 Å². The third-order valence-electron chi connectivity index (χ3n) is 3.02. The van der Waals surface area contributed by atoms with Gasteiger partial charge in [-0.25, -0.2) is 4.79 Å². The summed E-state index contributed by atoms with van der Waals surface area (Å²) in [6.45, 7) is 0.211. The van der Waals surface area contributed by atoms with Gasteiger partial charge in [-0.2, -0.15) is 0 Å². The Morgan fingerprint density at radius 3 is 2.19 bits per heavy atom. The number of carbonyl (C=O) groups excluding carboxylic acids is 2. The number of primary amides is 1. The molecular weight excluding hydrogens is 268 g/mol. The monoisotopic (exact) mass is 284 g/mol. The molecule has 0 radical (unpaired) electrons. The second kappa shape index (κ2) is 6.67. The summed E-state index contributed by atoms with van der Waals surface area (Å²) in [5.74, 6) is -1.05. The number of nitrogens with two attached hydrogens (primary N) is 2. The lowest BCUT2D eigenvalue weighted by Gasteiger charge is -2.09. The standard InChI is InChI=1S/C16H16N2O3/c17-14(15(18)19)12-6-8-13(9-7-12)16(20)21-10-11-4-2-1-3-5-11/h1-9,14H,10,17H2,(H2,18,19). The van der Waals surface area contributed by atoms with Gasteiger partial charge < -0.3 is 16.2 Å². The number of amides is 1. The zero-order valence-electron chi connectivity index (χ0n) is 11.4. The second-order valence-electron chi connectivity index (χ2n) is 4.56. The van der Waals surface area contributed by atoms with Crippen LogP contribution in [0.2, 0.25) is 0 Å². The number of esters is 1. The van der Waals surface area contributed by atoms with Crippen LogP contribution < -0.4 is 11.5 Å². The van der Waals surface area contributed by atoms with Gasteiger partial charge in [-0.3, -0.25) is 4.79 Å². The molecule has 0 aliphatic heterocycles. The predicted molar refractivity (Wildman–Crippen MR) is 78.1 cm³/mol. The average molecular weight is 284 g/mol. The molecule has 4 N–H and O–H groups in total. The Balaban J connectivity index is 1.98. The van der Waals surface area contributed by atoms with E-state index < -0.39 is 17.9 Å². The molecule has 5 nitrogen and oxygen atoms in total. The van der Waals surface area contributed by atoms with Gasteiger partial charge in [0, 0.05) is 0 Å².